The van der Waals surface area contributed by atoms with Crippen LogP contribution in [0.2, 0.25) is 0 Å². The lowest BCUT2D eigenvalue weighted by Gasteiger charge is -2.36. The summed E-state index contributed by atoms with van der Waals surface area (Å²) in [6.07, 6.45) is 3.02. The number of nitrogens with one attached hydrogen (secondary N) is 2. The third-order valence-electron chi connectivity index (χ3n) is 4.47. The molecule has 1 aromatic rings. The summed E-state index contributed by atoms with van der Waals surface area (Å²) < 4.78 is 25.7. The van der Waals surface area contributed by atoms with Gasteiger partial charge in [-0.2, -0.15) is 0 Å². The topological polar surface area (TPSA) is 119 Å². The summed E-state index contributed by atoms with van der Waals surface area (Å²) in [4.78, 5) is 27.2. The molecule has 0 spiro atoms. The Kier molecular flexibility index (Phi) is 7.64. The van der Waals surface area contributed by atoms with E-state index in [1.165, 1.54) is 12.1 Å². The molecule has 0 radical (unpaired) electrons. The maximum absolute atomic E-state index is 12.0. The molecule has 156 valence electrons. The number of anilines is 2. The number of hydrogen-bond acceptors (Lipinski definition) is 6. The number of benzene rings is 1. The second-order valence-corrected chi connectivity index (χ2v) is 8.63. The van der Waals surface area contributed by atoms with Gasteiger partial charge in [0, 0.05) is 32.7 Å². The van der Waals surface area contributed by atoms with E-state index in [0.29, 0.717) is 45.0 Å². The third-order valence-corrected chi connectivity index (χ3v) is 5.06. The maximum atomic E-state index is 12.0. The Morgan fingerprint density at radius 2 is 1.86 bits per heavy atom. The highest BCUT2D eigenvalue weighted by Crippen LogP contribution is 2.29. The molecule has 1 heterocycles. The summed E-state index contributed by atoms with van der Waals surface area (Å²) >= 11 is 0. The first-order valence-corrected chi connectivity index (χ1v) is 11.2. The van der Waals surface area contributed by atoms with Crippen LogP contribution in [0.15, 0.2) is 18.2 Å². The van der Waals surface area contributed by atoms with Gasteiger partial charge in [0.2, 0.25) is 15.9 Å². The molecule has 2 rings (SSSR count). The van der Waals surface area contributed by atoms with Crippen LogP contribution in [0, 0.1) is 0 Å². The smallest absolute Gasteiger partial charge is 0.335 e. The largest absolute Gasteiger partial charge is 0.478 e. The van der Waals surface area contributed by atoms with E-state index in [4.69, 9.17) is 5.11 Å². The van der Waals surface area contributed by atoms with Crippen LogP contribution >= 0.6 is 0 Å². The molecule has 1 aliphatic heterocycles. The highest BCUT2D eigenvalue weighted by molar-refractivity contribution is 7.92. The Morgan fingerprint density at radius 3 is 2.43 bits per heavy atom. The lowest BCUT2D eigenvalue weighted by Crippen LogP contribution is -2.49. The minimum atomic E-state index is -3.55. The molecule has 9 nitrogen and oxygen atoms in total. The second-order valence-electron chi connectivity index (χ2n) is 6.88. The molecule has 10 heteroatoms. The van der Waals surface area contributed by atoms with Crippen molar-refractivity contribution in [3.63, 3.8) is 0 Å². The standard InChI is InChI=1S/C18H28N4O5S/c1-3-4-7-19-17(23)13-21-8-10-22(11-9-21)16-6-5-14(18(24)25)12-15(16)20-28(2,26)27/h5-6,12,20H,3-4,7-11,13H2,1-2H3,(H,19,23)(H,24,25). The van der Waals surface area contributed by atoms with Crippen LogP contribution < -0.4 is 14.9 Å². The number of rotatable bonds is 9. The SMILES string of the molecule is CCCCNC(=O)CN1CCN(c2ccc(C(=O)O)cc2NS(C)(=O)=O)CC1. The van der Waals surface area contributed by atoms with Crippen molar-refractivity contribution in [1.29, 1.82) is 0 Å². The number of carbonyl (C=O) groups excluding carboxylic acids is 1. The van der Waals surface area contributed by atoms with Crippen molar-refractivity contribution < 1.29 is 23.1 Å². The van der Waals surface area contributed by atoms with Crippen molar-refractivity contribution in [3.05, 3.63) is 23.8 Å². The zero-order valence-corrected chi connectivity index (χ0v) is 17.1. The summed E-state index contributed by atoms with van der Waals surface area (Å²) in [6.45, 7) is 5.61. The van der Waals surface area contributed by atoms with E-state index in [0.717, 1.165) is 19.1 Å². The van der Waals surface area contributed by atoms with Crippen LogP contribution in [0.25, 0.3) is 0 Å². The predicted molar refractivity (Wildman–Crippen MR) is 108 cm³/mol. The van der Waals surface area contributed by atoms with Gasteiger partial charge in [0.15, 0.2) is 0 Å². The summed E-state index contributed by atoms with van der Waals surface area (Å²) in [7, 11) is -3.55. The Balaban J connectivity index is 2.03. The van der Waals surface area contributed by atoms with E-state index in [-0.39, 0.29) is 17.2 Å². The molecule has 1 saturated heterocycles. The van der Waals surface area contributed by atoms with E-state index >= 15 is 0 Å². The van der Waals surface area contributed by atoms with Gasteiger partial charge in [-0.3, -0.25) is 14.4 Å². The molecule has 1 fully saturated rings. The normalized spacial score (nSPS) is 15.3. The Hall–Kier alpha value is -2.33. The fourth-order valence-electron chi connectivity index (χ4n) is 3.04. The minimum absolute atomic E-state index is 0.00661. The molecule has 28 heavy (non-hydrogen) atoms. The zero-order valence-electron chi connectivity index (χ0n) is 16.3. The quantitative estimate of drug-likeness (QED) is 0.513. The van der Waals surface area contributed by atoms with Crippen molar-refractivity contribution in [2.45, 2.75) is 19.8 Å². The summed E-state index contributed by atoms with van der Waals surface area (Å²) in [6, 6.07) is 4.40. The number of carboxylic acids is 1. The van der Waals surface area contributed by atoms with Crippen molar-refractivity contribution in [2.24, 2.45) is 0 Å². The lowest BCUT2D eigenvalue weighted by molar-refractivity contribution is -0.122. The molecule has 1 aliphatic rings. The van der Waals surface area contributed by atoms with Crippen LogP contribution in [0.4, 0.5) is 11.4 Å². The fourth-order valence-corrected chi connectivity index (χ4v) is 3.60. The Labute approximate surface area is 165 Å². The molecule has 1 aromatic carbocycles. The monoisotopic (exact) mass is 412 g/mol. The summed E-state index contributed by atoms with van der Waals surface area (Å²) in [5.41, 5.74) is 0.882. The van der Waals surface area contributed by atoms with Gasteiger partial charge in [-0.1, -0.05) is 13.3 Å². The predicted octanol–water partition coefficient (Wildman–Crippen LogP) is 0.795. The maximum Gasteiger partial charge on any atom is 0.335 e. The van der Waals surface area contributed by atoms with Crippen LogP contribution in [0.3, 0.4) is 0 Å². The first kappa shape index (κ1) is 22.0. The van der Waals surface area contributed by atoms with Crippen molar-refractivity contribution in [1.82, 2.24) is 10.2 Å². The number of carboxylic acid groups (broad SMARTS) is 1. The molecule has 3 N–H and O–H groups in total. The number of hydrogen-bond donors (Lipinski definition) is 3. The van der Waals surface area contributed by atoms with Crippen molar-refractivity contribution in [2.75, 3.05) is 55.1 Å². The molecule has 0 unspecified atom stereocenters. The molecule has 1 amide bonds. The molecular formula is C18H28N4O5S. The number of aromatic carboxylic acids is 1. The average Bonchev–Trinajstić information content (AvgIpc) is 2.61. The van der Waals surface area contributed by atoms with Gasteiger partial charge in [-0.05, 0) is 24.6 Å². The van der Waals surface area contributed by atoms with Gasteiger partial charge in [0.1, 0.15) is 0 Å². The van der Waals surface area contributed by atoms with Gasteiger partial charge >= 0.3 is 5.97 Å². The number of piperazine rings is 1. The van der Waals surface area contributed by atoms with E-state index in [1.807, 2.05) is 9.80 Å². The number of nitrogens with zero attached hydrogens (tertiary/aromatic N) is 2. The van der Waals surface area contributed by atoms with Crippen LogP contribution in [-0.4, -0.2) is 75.8 Å². The van der Waals surface area contributed by atoms with Gasteiger partial charge in [-0.15, -0.1) is 0 Å². The van der Waals surface area contributed by atoms with Crippen molar-refractivity contribution >= 4 is 33.3 Å². The van der Waals surface area contributed by atoms with E-state index in [9.17, 15) is 18.0 Å². The minimum Gasteiger partial charge on any atom is -0.478 e. The molecule has 0 aliphatic carbocycles. The highest BCUT2D eigenvalue weighted by atomic mass is 32.2. The molecule has 0 bridgehead atoms. The average molecular weight is 413 g/mol. The Bertz CT molecular complexity index is 804. The number of unbranched alkanes of at least 4 members (excludes halogenated alkanes) is 1. The van der Waals surface area contributed by atoms with Crippen molar-refractivity contribution in [3.8, 4) is 0 Å². The van der Waals surface area contributed by atoms with E-state index in [2.05, 4.69) is 17.0 Å². The fraction of sp³-hybridized carbons (Fsp3) is 0.556. The van der Waals surface area contributed by atoms with Crippen LogP contribution in [0.5, 0.6) is 0 Å². The van der Waals surface area contributed by atoms with Gasteiger partial charge in [0.05, 0.1) is 29.7 Å². The van der Waals surface area contributed by atoms with Gasteiger partial charge in [-0.25, -0.2) is 13.2 Å². The Morgan fingerprint density at radius 1 is 1.18 bits per heavy atom. The number of carbonyl (C=O) groups is 2. The second kappa shape index (κ2) is 9.74. The van der Waals surface area contributed by atoms with E-state index < -0.39 is 16.0 Å². The molecule has 0 aromatic heterocycles. The molecule has 0 atom stereocenters. The first-order valence-electron chi connectivity index (χ1n) is 9.28. The van der Waals surface area contributed by atoms with Gasteiger partial charge < -0.3 is 15.3 Å². The number of sulfonamides is 1. The van der Waals surface area contributed by atoms with E-state index in [1.54, 1.807) is 6.07 Å². The number of amides is 1. The highest BCUT2D eigenvalue weighted by Gasteiger charge is 2.22. The third kappa shape index (κ3) is 6.68. The van der Waals surface area contributed by atoms with Crippen LogP contribution in [0.1, 0.15) is 30.1 Å². The lowest BCUT2D eigenvalue weighted by atomic mass is 10.1. The van der Waals surface area contributed by atoms with Crippen LogP contribution in [-0.2, 0) is 14.8 Å². The van der Waals surface area contributed by atoms with Gasteiger partial charge in [0.25, 0.3) is 0 Å². The first-order chi connectivity index (χ1) is 13.2. The summed E-state index contributed by atoms with van der Waals surface area (Å²) in [5.74, 6) is -1.12. The summed E-state index contributed by atoms with van der Waals surface area (Å²) in [5, 5.41) is 12.1. The molecular weight excluding hydrogens is 384 g/mol. The molecule has 0 saturated carbocycles. The zero-order chi connectivity index (χ0) is 20.7.